The molecule has 1 heterocycles. The SMILES string of the molecule is CO[C@@H](CO)CSc1c(-c2ccc(F)cc2)c(Cl)cc2c(=O)[nH]c(=O)[nH]c12. The lowest BCUT2D eigenvalue weighted by molar-refractivity contribution is 0.0656. The summed E-state index contributed by atoms with van der Waals surface area (Å²) in [6, 6.07) is 7.20. The number of ether oxygens (including phenoxy) is 1. The van der Waals surface area contributed by atoms with Crippen LogP contribution in [-0.2, 0) is 4.74 Å². The van der Waals surface area contributed by atoms with Crippen molar-refractivity contribution in [2.45, 2.75) is 11.0 Å². The molecule has 3 aromatic rings. The molecule has 0 aliphatic carbocycles. The predicted octanol–water partition coefficient (Wildman–Crippen LogP) is 2.78. The van der Waals surface area contributed by atoms with Crippen molar-refractivity contribution >= 4 is 34.3 Å². The van der Waals surface area contributed by atoms with E-state index >= 15 is 0 Å². The van der Waals surface area contributed by atoms with Crippen molar-refractivity contribution in [3.05, 3.63) is 62.0 Å². The van der Waals surface area contributed by atoms with Crippen molar-refractivity contribution in [3.8, 4) is 11.1 Å². The minimum atomic E-state index is -0.646. The Kier molecular flexibility index (Phi) is 6.01. The summed E-state index contributed by atoms with van der Waals surface area (Å²) in [7, 11) is 1.48. The van der Waals surface area contributed by atoms with Crippen molar-refractivity contribution < 1.29 is 14.2 Å². The standard InChI is InChI=1S/C18H16ClFN2O4S/c1-26-11(7-23)8-27-16-14(9-2-4-10(20)5-3-9)13(19)6-12-15(16)21-18(25)22-17(12)24/h2-6,11,23H,7-8H2,1H3,(H2,21,22,24,25)/t11-/m0/s1. The molecule has 1 aromatic heterocycles. The first kappa shape index (κ1) is 19.6. The third-order valence-electron chi connectivity index (χ3n) is 4.03. The van der Waals surface area contributed by atoms with Gasteiger partial charge in [-0.05, 0) is 23.8 Å². The monoisotopic (exact) mass is 410 g/mol. The van der Waals surface area contributed by atoms with E-state index in [4.69, 9.17) is 16.3 Å². The number of thioether (sulfide) groups is 1. The second kappa shape index (κ2) is 8.26. The highest BCUT2D eigenvalue weighted by molar-refractivity contribution is 7.99. The lowest BCUT2D eigenvalue weighted by atomic mass is 10.0. The van der Waals surface area contributed by atoms with Crippen LogP contribution in [0.5, 0.6) is 0 Å². The lowest BCUT2D eigenvalue weighted by Crippen LogP contribution is -2.22. The second-order valence-electron chi connectivity index (χ2n) is 5.75. The maximum Gasteiger partial charge on any atom is 0.326 e. The molecule has 142 valence electrons. The third-order valence-corrected chi connectivity index (χ3v) is 5.56. The zero-order valence-electron chi connectivity index (χ0n) is 14.2. The third kappa shape index (κ3) is 4.08. The summed E-state index contributed by atoms with van der Waals surface area (Å²) in [6.07, 6.45) is -0.446. The number of nitrogens with one attached hydrogen (secondary N) is 2. The molecule has 0 aliphatic heterocycles. The molecule has 0 spiro atoms. The van der Waals surface area contributed by atoms with E-state index in [2.05, 4.69) is 9.97 Å². The van der Waals surface area contributed by atoms with Crippen molar-refractivity contribution in [2.24, 2.45) is 0 Å². The largest absolute Gasteiger partial charge is 0.394 e. The van der Waals surface area contributed by atoms with Crippen LogP contribution in [0.2, 0.25) is 5.02 Å². The van der Waals surface area contributed by atoms with Crippen molar-refractivity contribution in [3.63, 3.8) is 0 Å². The Hall–Kier alpha value is -2.13. The summed E-state index contributed by atoms with van der Waals surface area (Å²) in [4.78, 5) is 29.4. The van der Waals surface area contributed by atoms with Crippen molar-refractivity contribution in [2.75, 3.05) is 19.5 Å². The van der Waals surface area contributed by atoms with Crippen LogP contribution < -0.4 is 11.2 Å². The Bertz CT molecular complexity index is 1080. The maximum absolute atomic E-state index is 13.3. The molecule has 27 heavy (non-hydrogen) atoms. The molecule has 3 rings (SSSR count). The highest BCUT2D eigenvalue weighted by atomic mass is 35.5. The number of benzene rings is 2. The molecule has 2 aromatic carbocycles. The van der Waals surface area contributed by atoms with E-state index in [0.717, 1.165) is 0 Å². The maximum atomic E-state index is 13.3. The average Bonchev–Trinajstić information content (AvgIpc) is 2.64. The summed E-state index contributed by atoms with van der Waals surface area (Å²) < 4.78 is 18.5. The fourth-order valence-corrected chi connectivity index (χ4v) is 4.29. The minimum Gasteiger partial charge on any atom is -0.394 e. The van der Waals surface area contributed by atoms with Crippen LogP contribution in [0.4, 0.5) is 4.39 Å². The molecule has 0 saturated carbocycles. The van der Waals surface area contributed by atoms with Gasteiger partial charge in [-0.2, -0.15) is 0 Å². The number of aromatic nitrogens is 2. The Morgan fingerprint density at radius 1 is 1.26 bits per heavy atom. The molecule has 0 saturated heterocycles. The zero-order valence-corrected chi connectivity index (χ0v) is 15.8. The van der Waals surface area contributed by atoms with Crippen LogP contribution in [0.3, 0.4) is 0 Å². The smallest absolute Gasteiger partial charge is 0.326 e. The van der Waals surface area contributed by atoms with Crippen molar-refractivity contribution in [1.82, 2.24) is 9.97 Å². The fourth-order valence-electron chi connectivity index (χ4n) is 2.65. The van der Waals surface area contributed by atoms with Gasteiger partial charge in [0.05, 0.1) is 28.6 Å². The number of rotatable bonds is 6. The van der Waals surface area contributed by atoms with E-state index in [1.807, 2.05) is 0 Å². The van der Waals surface area contributed by atoms with Gasteiger partial charge in [-0.25, -0.2) is 9.18 Å². The minimum absolute atomic E-state index is 0.190. The number of fused-ring (bicyclic) bond motifs is 1. The van der Waals surface area contributed by atoms with Gasteiger partial charge in [0.2, 0.25) is 0 Å². The number of aliphatic hydroxyl groups excluding tert-OH is 1. The van der Waals surface area contributed by atoms with E-state index in [0.29, 0.717) is 27.3 Å². The molecule has 9 heteroatoms. The fraction of sp³-hybridized carbons (Fsp3) is 0.222. The number of H-pyrrole nitrogens is 2. The van der Waals surface area contributed by atoms with Gasteiger partial charge in [0.1, 0.15) is 5.82 Å². The first-order valence-corrected chi connectivity index (χ1v) is 9.32. The van der Waals surface area contributed by atoms with Gasteiger partial charge in [-0.3, -0.25) is 9.78 Å². The highest BCUT2D eigenvalue weighted by Gasteiger charge is 2.19. The zero-order chi connectivity index (χ0) is 19.6. The van der Waals surface area contributed by atoms with Crippen LogP contribution in [-0.4, -0.2) is 40.6 Å². The van der Waals surface area contributed by atoms with Crippen LogP contribution in [0, 0.1) is 5.82 Å². The van der Waals surface area contributed by atoms with Crippen molar-refractivity contribution in [1.29, 1.82) is 0 Å². The number of aromatic amines is 2. The Balaban J connectivity index is 2.27. The van der Waals surface area contributed by atoms with E-state index < -0.39 is 23.2 Å². The lowest BCUT2D eigenvalue weighted by Gasteiger charge is -2.17. The van der Waals surface area contributed by atoms with Crippen LogP contribution in [0.15, 0.2) is 44.8 Å². The number of halogens is 2. The predicted molar refractivity (Wildman–Crippen MR) is 104 cm³/mol. The molecular weight excluding hydrogens is 395 g/mol. The first-order chi connectivity index (χ1) is 12.9. The quantitative estimate of drug-likeness (QED) is 0.543. The molecule has 0 aliphatic rings. The topological polar surface area (TPSA) is 95.2 Å². The molecule has 3 N–H and O–H groups in total. The summed E-state index contributed by atoms with van der Waals surface area (Å²) in [6.45, 7) is -0.190. The molecule has 0 bridgehead atoms. The van der Waals surface area contributed by atoms with Gasteiger partial charge >= 0.3 is 5.69 Å². The second-order valence-corrected chi connectivity index (χ2v) is 7.19. The molecule has 1 atom stereocenters. The number of hydrogen-bond donors (Lipinski definition) is 3. The van der Waals surface area contributed by atoms with Crippen LogP contribution in [0.1, 0.15) is 0 Å². The summed E-state index contributed by atoms with van der Waals surface area (Å²) >= 11 is 7.72. The highest BCUT2D eigenvalue weighted by Crippen LogP contribution is 2.41. The van der Waals surface area contributed by atoms with Crippen LogP contribution >= 0.6 is 23.4 Å². The number of aliphatic hydroxyl groups is 1. The first-order valence-electron chi connectivity index (χ1n) is 7.95. The number of hydrogen-bond acceptors (Lipinski definition) is 5. The van der Waals surface area contributed by atoms with Gasteiger partial charge in [0.15, 0.2) is 0 Å². The van der Waals surface area contributed by atoms with Gasteiger partial charge in [-0.15, -0.1) is 11.8 Å². The molecule has 6 nitrogen and oxygen atoms in total. The average molecular weight is 411 g/mol. The molecule has 0 radical (unpaired) electrons. The molecule has 0 fully saturated rings. The van der Waals surface area contributed by atoms with Gasteiger partial charge in [0, 0.05) is 23.3 Å². The van der Waals surface area contributed by atoms with E-state index in [1.54, 1.807) is 12.1 Å². The summed E-state index contributed by atoms with van der Waals surface area (Å²) in [5, 5.41) is 9.87. The Morgan fingerprint density at radius 3 is 2.59 bits per heavy atom. The van der Waals surface area contributed by atoms with E-state index in [1.165, 1.54) is 37.1 Å². The normalized spacial score (nSPS) is 12.4. The summed E-state index contributed by atoms with van der Waals surface area (Å²) in [5.41, 5.74) is 0.305. The Labute approximate surface area is 162 Å². The van der Waals surface area contributed by atoms with E-state index in [9.17, 15) is 19.1 Å². The number of methoxy groups -OCH3 is 1. The molecule has 0 amide bonds. The Morgan fingerprint density at radius 2 is 1.96 bits per heavy atom. The van der Waals surface area contributed by atoms with E-state index in [-0.39, 0.29) is 17.0 Å². The molecule has 0 unspecified atom stereocenters. The van der Waals surface area contributed by atoms with Gasteiger partial charge in [0.25, 0.3) is 5.56 Å². The molecular formula is C18H16ClFN2O4S. The summed E-state index contributed by atoms with van der Waals surface area (Å²) in [5.74, 6) is -0.0414. The van der Waals surface area contributed by atoms with Gasteiger partial charge < -0.3 is 14.8 Å². The van der Waals surface area contributed by atoms with Crippen LogP contribution in [0.25, 0.3) is 22.0 Å². The van der Waals surface area contributed by atoms with Gasteiger partial charge in [-0.1, -0.05) is 23.7 Å².